The normalized spacial score (nSPS) is 14.2. The Kier molecular flexibility index (Phi) is 5.11. The van der Waals surface area contributed by atoms with E-state index in [9.17, 15) is 5.11 Å². The third kappa shape index (κ3) is 4.03. The first-order valence-corrected chi connectivity index (χ1v) is 7.18. The van der Waals surface area contributed by atoms with Crippen LogP contribution in [0.5, 0.6) is 5.88 Å². The lowest BCUT2D eigenvalue weighted by molar-refractivity contribution is 0.102. The van der Waals surface area contributed by atoms with Crippen LogP contribution in [0.3, 0.4) is 0 Å². The SMILES string of the molecule is Cc1cc(C(C)NCC(O)COc2cnsn2)c(C)o1. The molecule has 7 heteroatoms. The summed E-state index contributed by atoms with van der Waals surface area (Å²) in [5, 5.41) is 13.1. The highest BCUT2D eigenvalue weighted by molar-refractivity contribution is 6.99. The summed E-state index contributed by atoms with van der Waals surface area (Å²) >= 11 is 1.08. The number of nitrogens with zero attached hydrogens (tertiary/aromatic N) is 2. The third-order valence-corrected chi connectivity index (χ3v) is 3.43. The summed E-state index contributed by atoms with van der Waals surface area (Å²) in [7, 11) is 0. The quantitative estimate of drug-likeness (QED) is 0.811. The summed E-state index contributed by atoms with van der Waals surface area (Å²) in [6.45, 7) is 6.52. The van der Waals surface area contributed by atoms with Crippen LogP contribution in [0, 0.1) is 13.8 Å². The number of aliphatic hydroxyl groups excluding tert-OH is 1. The zero-order valence-electron chi connectivity index (χ0n) is 11.8. The fourth-order valence-electron chi connectivity index (χ4n) is 1.96. The number of nitrogens with one attached hydrogen (secondary N) is 1. The van der Waals surface area contributed by atoms with Crippen LogP contribution in [0.15, 0.2) is 16.7 Å². The van der Waals surface area contributed by atoms with Crippen LogP contribution >= 0.6 is 11.7 Å². The van der Waals surface area contributed by atoms with Crippen molar-refractivity contribution in [1.29, 1.82) is 0 Å². The summed E-state index contributed by atoms with van der Waals surface area (Å²) in [6, 6.07) is 2.12. The molecule has 2 atom stereocenters. The van der Waals surface area contributed by atoms with E-state index in [4.69, 9.17) is 9.15 Å². The Morgan fingerprint density at radius 2 is 2.30 bits per heavy atom. The zero-order chi connectivity index (χ0) is 14.5. The van der Waals surface area contributed by atoms with Gasteiger partial charge in [0.2, 0.25) is 5.88 Å². The van der Waals surface area contributed by atoms with Crippen LogP contribution < -0.4 is 10.1 Å². The molecule has 2 unspecified atom stereocenters. The first-order valence-electron chi connectivity index (χ1n) is 6.45. The molecule has 0 bridgehead atoms. The second-order valence-electron chi connectivity index (χ2n) is 4.71. The Labute approximate surface area is 122 Å². The van der Waals surface area contributed by atoms with Crippen LogP contribution in [0.2, 0.25) is 0 Å². The molecule has 0 aliphatic carbocycles. The number of aryl methyl sites for hydroxylation is 2. The summed E-state index contributed by atoms with van der Waals surface area (Å²) < 4.78 is 18.5. The van der Waals surface area contributed by atoms with E-state index in [1.807, 2.05) is 26.8 Å². The summed E-state index contributed by atoms with van der Waals surface area (Å²) in [5.74, 6) is 2.25. The van der Waals surface area contributed by atoms with E-state index in [1.54, 1.807) is 0 Å². The minimum absolute atomic E-state index is 0.114. The molecule has 0 saturated heterocycles. The van der Waals surface area contributed by atoms with E-state index in [2.05, 4.69) is 14.1 Å². The molecule has 0 aliphatic rings. The Morgan fingerprint density at radius 1 is 1.50 bits per heavy atom. The van der Waals surface area contributed by atoms with Gasteiger partial charge in [0.1, 0.15) is 30.4 Å². The highest BCUT2D eigenvalue weighted by Gasteiger charge is 2.14. The molecular formula is C13H19N3O3S. The maximum Gasteiger partial charge on any atom is 0.245 e. The monoisotopic (exact) mass is 297 g/mol. The molecule has 6 nitrogen and oxygen atoms in total. The Bertz CT molecular complexity index is 527. The highest BCUT2D eigenvalue weighted by atomic mass is 32.1. The van der Waals surface area contributed by atoms with Gasteiger partial charge in [0.15, 0.2) is 0 Å². The first kappa shape index (κ1) is 15.0. The van der Waals surface area contributed by atoms with E-state index in [0.717, 1.165) is 28.8 Å². The fourth-order valence-corrected chi connectivity index (χ4v) is 2.33. The van der Waals surface area contributed by atoms with Gasteiger partial charge in [-0.1, -0.05) is 0 Å². The molecule has 2 aromatic rings. The lowest BCUT2D eigenvalue weighted by Gasteiger charge is -2.16. The van der Waals surface area contributed by atoms with Crippen molar-refractivity contribution in [1.82, 2.24) is 14.1 Å². The average molecular weight is 297 g/mol. The number of aromatic nitrogens is 2. The summed E-state index contributed by atoms with van der Waals surface area (Å²) in [4.78, 5) is 0. The number of hydrogen-bond acceptors (Lipinski definition) is 7. The highest BCUT2D eigenvalue weighted by Crippen LogP contribution is 2.20. The molecule has 0 aliphatic heterocycles. The Hall–Kier alpha value is -1.44. The number of furan rings is 1. The molecule has 2 N–H and O–H groups in total. The topological polar surface area (TPSA) is 80.4 Å². The summed E-state index contributed by atoms with van der Waals surface area (Å²) in [6.07, 6.45) is 0.929. The largest absolute Gasteiger partial charge is 0.473 e. The van der Waals surface area contributed by atoms with Crippen LogP contribution in [0.1, 0.15) is 30.0 Å². The number of ether oxygens (including phenoxy) is 1. The first-order chi connectivity index (χ1) is 9.56. The minimum atomic E-state index is -0.604. The van der Waals surface area contributed by atoms with Gasteiger partial charge in [-0.05, 0) is 26.8 Å². The molecular weight excluding hydrogens is 278 g/mol. The smallest absolute Gasteiger partial charge is 0.245 e. The Morgan fingerprint density at radius 3 is 2.90 bits per heavy atom. The van der Waals surface area contributed by atoms with Gasteiger partial charge in [-0.25, -0.2) is 0 Å². The second kappa shape index (κ2) is 6.83. The van der Waals surface area contributed by atoms with E-state index in [-0.39, 0.29) is 12.6 Å². The van der Waals surface area contributed by atoms with Gasteiger partial charge in [-0.15, -0.1) is 4.37 Å². The Balaban J connectivity index is 1.75. The van der Waals surface area contributed by atoms with Crippen molar-refractivity contribution in [2.75, 3.05) is 13.2 Å². The fraction of sp³-hybridized carbons (Fsp3) is 0.538. The number of rotatable bonds is 7. The number of hydrogen-bond donors (Lipinski definition) is 2. The van der Waals surface area contributed by atoms with Gasteiger partial charge < -0.3 is 19.6 Å². The molecule has 0 amide bonds. The summed E-state index contributed by atoms with van der Waals surface area (Å²) in [5.41, 5.74) is 1.11. The lowest BCUT2D eigenvalue weighted by Crippen LogP contribution is -2.33. The molecule has 2 rings (SSSR count). The van der Waals surface area contributed by atoms with Gasteiger partial charge >= 0.3 is 0 Å². The van der Waals surface area contributed by atoms with Gasteiger partial charge in [-0.3, -0.25) is 0 Å². The molecule has 2 heterocycles. The van der Waals surface area contributed by atoms with Crippen molar-refractivity contribution in [2.45, 2.75) is 32.9 Å². The standard InChI is InChI=1S/C13H19N3O3S/c1-8-4-12(10(3)19-8)9(2)14-5-11(17)7-18-13-6-15-20-16-13/h4,6,9,11,14,17H,5,7H2,1-3H3. The maximum atomic E-state index is 9.86. The van der Waals surface area contributed by atoms with E-state index >= 15 is 0 Å². The minimum Gasteiger partial charge on any atom is -0.473 e. The van der Waals surface area contributed by atoms with Crippen LogP contribution in [-0.4, -0.2) is 33.1 Å². The van der Waals surface area contributed by atoms with Crippen molar-refractivity contribution >= 4 is 11.7 Å². The zero-order valence-corrected chi connectivity index (χ0v) is 12.6. The van der Waals surface area contributed by atoms with Gasteiger partial charge in [0, 0.05) is 18.2 Å². The lowest BCUT2D eigenvalue weighted by atomic mass is 10.1. The molecule has 2 aromatic heterocycles. The average Bonchev–Trinajstić information content (AvgIpc) is 3.03. The maximum absolute atomic E-state index is 9.86. The van der Waals surface area contributed by atoms with E-state index in [0.29, 0.717) is 12.4 Å². The van der Waals surface area contributed by atoms with Crippen molar-refractivity contribution in [3.63, 3.8) is 0 Å². The van der Waals surface area contributed by atoms with Crippen LogP contribution in [0.25, 0.3) is 0 Å². The van der Waals surface area contributed by atoms with Gasteiger partial charge in [0.05, 0.1) is 11.7 Å². The van der Waals surface area contributed by atoms with Crippen molar-refractivity contribution in [3.05, 3.63) is 29.3 Å². The molecule has 0 aromatic carbocycles. The molecule has 110 valence electrons. The van der Waals surface area contributed by atoms with E-state index in [1.165, 1.54) is 6.20 Å². The van der Waals surface area contributed by atoms with Crippen LogP contribution in [-0.2, 0) is 0 Å². The predicted molar refractivity (Wildman–Crippen MR) is 76.0 cm³/mol. The second-order valence-corrected chi connectivity index (χ2v) is 5.27. The predicted octanol–water partition coefficient (Wildman–Crippen LogP) is 1.84. The van der Waals surface area contributed by atoms with E-state index < -0.39 is 6.10 Å². The molecule has 0 radical (unpaired) electrons. The van der Waals surface area contributed by atoms with Crippen LogP contribution in [0.4, 0.5) is 0 Å². The molecule has 0 spiro atoms. The molecule has 0 fully saturated rings. The van der Waals surface area contributed by atoms with Crippen molar-refractivity contribution in [2.24, 2.45) is 0 Å². The number of aliphatic hydroxyl groups is 1. The van der Waals surface area contributed by atoms with Gasteiger partial charge in [-0.2, -0.15) is 4.37 Å². The van der Waals surface area contributed by atoms with Crippen molar-refractivity contribution < 1.29 is 14.3 Å². The molecule has 0 saturated carbocycles. The third-order valence-electron chi connectivity index (χ3n) is 2.97. The van der Waals surface area contributed by atoms with Crippen molar-refractivity contribution in [3.8, 4) is 5.88 Å². The van der Waals surface area contributed by atoms with Gasteiger partial charge in [0.25, 0.3) is 0 Å². The molecule has 20 heavy (non-hydrogen) atoms.